The normalized spacial score (nSPS) is 11.1. The van der Waals surface area contributed by atoms with Gasteiger partial charge in [0.2, 0.25) is 0 Å². The van der Waals surface area contributed by atoms with E-state index in [2.05, 4.69) is 10.5 Å². The van der Waals surface area contributed by atoms with Crippen LogP contribution in [0.4, 0.5) is 5.69 Å². The molecule has 1 N–H and O–H groups in total. The van der Waals surface area contributed by atoms with E-state index in [9.17, 15) is 14.9 Å². The molecule has 1 heterocycles. The highest BCUT2D eigenvalue weighted by atomic mass is 35.5. The van der Waals surface area contributed by atoms with Crippen molar-refractivity contribution in [3.8, 4) is 5.75 Å². The van der Waals surface area contributed by atoms with Gasteiger partial charge in [-0.15, -0.1) is 11.3 Å². The number of carbonyl (C=O) groups is 1. The number of carbonyl (C=O) groups excluding carboxylic acids is 1. The molecule has 1 amide bonds. The van der Waals surface area contributed by atoms with Crippen LogP contribution < -0.4 is 10.2 Å². The van der Waals surface area contributed by atoms with Gasteiger partial charge in [0.15, 0.2) is 12.4 Å². The summed E-state index contributed by atoms with van der Waals surface area (Å²) in [4.78, 5) is 22.9. The molecule has 0 saturated carbocycles. The van der Waals surface area contributed by atoms with Crippen molar-refractivity contribution in [1.29, 1.82) is 0 Å². The molecule has 1 aromatic carbocycles. The largest absolute Gasteiger partial charge is 0.477 e. The minimum atomic E-state index is -0.627. The Morgan fingerprint density at radius 2 is 2.26 bits per heavy atom. The van der Waals surface area contributed by atoms with Gasteiger partial charge in [0, 0.05) is 16.0 Å². The van der Waals surface area contributed by atoms with Crippen LogP contribution in [0.25, 0.3) is 0 Å². The molecule has 1 aromatic heterocycles. The summed E-state index contributed by atoms with van der Waals surface area (Å²) in [6.07, 6.45) is 0. The molecule has 9 heteroatoms. The molecule has 0 aliphatic carbocycles. The van der Waals surface area contributed by atoms with Gasteiger partial charge < -0.3 is 4.74 Å². The minimum Gasteiger partial charge on any atom is -0.477 e. The molecule has 0 radical (unpaired) electrons. The van der Waals surface area contributed by atoms with Crippen molar-refractivity contribution in [2.75, 3.05) is 6.61 Å². The van der Waals surface area contributed by atoms with Gasteiger partial charge in [-0.3, -0.25) is 14.9 Å². The number of hydrazone groups is 1. The third-order valence-electron chi connectivity index (χ3n) is 2.70. The predicted octanol–water partition coefficient (Wildman–Crippen LogP) is 3.23. The van der Waals surface area contributed by atoms with Crippen LogP contribution in [0.1, 0.15) is 11.8 Å². The number of halogens is 1. The number of nitrogens with one attached hydrogen (secondary N) is 1. The first-order chi connectivity index (χ1) is 11.0. The predicted molar refractivity (Wildman–Crippen MR) is 88.3 cm³/mol. The van der Waals surface area contributed by atoms with E-state index in [4.69, 9.17) is 16.3 Å². The summed E-state index contributed by atoms with van der Waals surface area (Å²) in [5.74, 6) is -0.557. The first-order valence-electron chi connectivity index (χ1n) is 6.41. The molecule has 2 aromatic rings. The first-order valence-corrected chi connectivity index (χ1v) is 7.67. The fourth-order valence-electron chi connectivity index (χ4n) is 1.62. The Labute approximate surface area is 140 Å². The number of benzene rings is 1. The highest BCUT2D eigenvalue weighted by Crippen LogP contribution is 2.29. The van der Waals surface area contributed by atoms with Crippen molar-refractivity contribution in [3.05, 3.63) is 55.7 Å². The van der Waals surface area contributed by atoms with Gasteiger partial charge in [-0.25, -0.2) is 5.43 Å². The Hall–Kier alpha value is -2.45. The second kappa shape index (κ2) is 7.70. The summed E-state index contributed by atoms with van der Waals surface area (Å²) in [7, 11) is 0. The Morgan fingerprint density at radius 1 is 1.48 bits per heavy atom. The minimum absolute atomic E-state index is 0.0338. The van der Waals surface area contributed by atoms with Gasteiger partial charge in [-0.1, -0.05) is 17.7 Å². The van der Waals surface area contributed by atoms with Crippen LogP contribution in [0, 0.1) is 10.1 Å². The Kier molecular flexibility index (Phi) is 5.67. The molecule has 23 heavy (non-hydrogen) atoms. The van der Waals surface area contributed by atoms with Crippen LogP contribution in [0.2, 0.25) is 5.02 Å². The van der Waals surface area contributed by atoms with Gasteiger partial charge in [0.1, 0.15) is 0 Å². The monoisotopic (exact) mass is 353 g/mol. The summed E-state index contributed by atoms with van der Waals surface area (Å²) in [5, 5.41) is 17.0. The van der Waals surface area contributed by atoms with Gasteiger partial charge in [-0.2, -0.15) is 5.10 Å². The van der Waals surface area contributed by atoms with E-state index in [1.165, 1.54) is 23.5 Å². The maximum Gasteiger partial charge on any atom is 0.312 e. The maximum absolute atomic E-state index is 11.7. The van der Waals surface area contributed by atoms with Crippen LogP contribution in [0.3, 0.4) is 0 Å². The van der Waals surface area contributed by atoms with Crippen molar-refractivity contribution >= 4 is 40.2 Å². The standard InChI is InChI=1S/C14H12ClN3O4S/c1-9(13-3-2-6-23-13)16-17-14(19)8-22-12-5-4-10(15)7-11(12)18(20)21/h2-7H,8H2,1H3,(H,17,19)/b16-9-. The smallest absolute Gasteiger partial charge is 0.312 e. The molecule has 0 bridgehead atoms. The van der Waals surface area contributed by atoms with Crippen LogP contribution in [-0.4, -0.2) is 23.1 Å². The van der Waals surface area contributed by atoms with Crippen LogP contribution in [-0.2, 0) is 4.79 Å². The lowest BCUT2D eigenvalue weighted by atomic mass is 10.3. The van der Waals surface area contributed by atoms with E-state index < -0.39 is 17.4 Å². The Bertz CT molecular complexity index is 746. The summed E-state index contributed by atoms with van der Waals surface area (Å²) in [6.45, 7) is 1.36. The highest BCUT2D eigenvalue weighted by Gasteiger charge is 2.16. The lowest BCUT2D eigenvalue weighted by Gasteiger charge is -2.06. The molecular formula is C14H12ClN3O4S. The Balaban J connectivity index is 1.95. The fraction of sp³-hybridized carbons (Fsp3) is 0.143. The van der Waals surface area contributed by atoms with Gasteiger partial charge >= 0.3 is 5.69 Å². The lowest BCUT2D eigenvalue weighted by Crippen LogP contribution is -2.25. The van der Waals surface area contributed by atoms with Crippen molar-refractivity contribution < 1.29 is 14.5 Å². The number of hydrogen-bond donors (Lipinski definition) is 1. The van der Waals surface area contributed by atoms with E-state index in [0.29, 0.717) is 5.71 Å². The average molecular weight is 354 g/mol. The third-order valence-corrected chi connectivity index (χ3v) is 3.92. The molecule has 0 aliphatic heterocycles. The summed E-state index contributed by atoms with van der Waals surface area (Å²) >= 11 is 7.20. The highest BCUT2D eigenvalue weighted by molar-refractivity contribution is 7.12. The van der Waals surface area contributed by atoms with Gasteiger partial charge in [0.25, 0.3) is 5.91 Å². The molecular weight excluding hydrogens is 342 g/mol. The SMILES string of the molecule is C/C(=N/NC(=O)COc1ccc(Cl)cc1[N+](=O)[O-])c1cccs1. The maximum atomic E-state index is 11.7. The van der Waals surface area contributed by atoms with Crippen molar-refractivity contribution in [2.24, 2.45) is 5.10 Å². The van der Waals surface area contributed by atoms with Crippen LogP contribution >= 0.6 is 22.9 Å². The molecule has 0 saturated heterocycles. The molecule has 0 atom stereocenters. The zero-order valence-electron chi connectivity index (χ0n) is 12.0. The number of nitro groups is 1. The van der Waals surface area contributed by atoms with E-state index >= 15 is 0 Å². The van der Waals surface area contributed by atoms with E-state index in [-0.39, 0.29) is 16.5 Å². The molecule has 0 unspecified atom stereocenters. The Morgan fingerprint density at radius 3 is 2.91 bits per heavy atom. The molecule has 120 valence electrons. The molecule has 0 spiro atoms. The molecule has 0 aliphatic rings. The number of thiophene rings is 1. The number of rotatable bonds is 6. The van der Waals surface area contributed by atoms with Gasteiger partial charge in [-0.05, 0) is 30.5 Å². The topological polar surface area (TPSA) is 93.8 Å². The number of nitrogens with zero attached hydrogens (tertiary/aromatic N) is 2. The number of nitro benzene ring substituents is 1. The van der Waals surface area contributed by atoms with Crippen molar-refractivity contribution in [2.45, 2.75) is 6.92 Å². The van der Waals surface area contributed by atoms with Crippen molar-refractivity contribution in [1.82, 2.24) is 5.43 Å². The zero-order valence-corrected chi connectivity index (χ0v) is 13.6. The lowest BCUT2D eigenvalue weighted by molar-refractivity contribution is -0.385. The molecule has 0 fully saturated rings. The fourth-order valence-corrected chi connectivity index (χ4v) is 2.46. The first kappa shape index (κ1) is 16.9. The third kappa shape index (κ3) is 4.76. The summed E-state index contributed by atoms with van der Waals surface area (Å²) in [5.41, 5.74) is 2.69. The quantitative estimate of drug-likeness (QED) is 0.490. The summed E-state index contributed by atoms with van der Waals surface area (Å²) < 4.78 is 5.16. The van der Waals surface area contributed by atoms with Crippen LogP contribution in [0.15, 0.2) is 40.8 Å². The summed E-state index contributed by atoms with van der Waals surface area (Å²) in [6, 6.07) is 7.70. The van der Waals surface area contributed by atoms with Gasteiger partial charge in [0.05, 0.1) is 10.6 Å². The van der Waals surface area contributed by atoms with E-state index in [1.807, 2.05) is 17.5 Å². The zero-order chi connectivity index (χ0) is 16.8. The second-order valence-electron chi connectivity index (χ2n) is 4.37. The van der Waals surface area contributed by atoms with Crippen molar-refractivity contribution in [3.63, 3.8) is 0 Å². The second-order valence-corrected chi connectivity index (χ2v) is 5.75. The van der Waals surface area contributed by atoms with E-state index in [0.717, 1.165) is 10.9 Å². The number of ether oxygens (including phenoxy) is 1. The van der Waals surface area contributed by atoms with Crippen LogP contribution in [0.5, 0.6) is 5.75 Å². The molecule has 7 nitrogen and oxygen atoms in total. The van der Waals surface area contributed by atoms with E-state index in [1.54, 1.807) is 6.92 Å². The number of hydrogen-bond acceptors (Lipinski definition) is 6. The molecule has 2 rings (SSSR count). The average Bonchev–Trinajstić information content (AvgIpc) is 3.05. The number of amides is 1.